The van der Waals surface area contributed by atoms with Gasteiger partial charge in [-0.2, -0.15) is 0 Å². The van der Waals surface area contributed by atoms with Gasteiger partial charge in [-0.05, 0) is 41.8 Å². The molecule has 10 heteroatoms. The summed E-state index contributed by atoms with van der Waals surface area (Å²) in [5, 5.41) is 15.5. The quantitative estimate of drug-likeness (QED) is 0.163. The van der Waals surface area contributed by atoms with Crippen LogP contribution in [-0.4, -0.2) is 37.7 Å². The number of pyridine rings is 1. The Balaban J connectivity index is 1.21. The number of methoxy groups -OCH3 is 1. The van der Waals surface area contributed by atoms with Crippen LogP contribution in [0.1, 0.15) is 32.7 Å². The summed E-state index contributed by atoms with van der Waals surface area (Å²) in [5.41, 5.74) is 4.31. The van der Waals surface area contributed by atoms with Crippen LogP contribution in [0, 0.1) is 0 Å². The third kappa shape index (κ3) is 6.66. The molecule has 1 atom stereocenters. The Morgan fingerprint density at radius 2 is 1.65 bits per heavy atom. The van der Waals surface area contributed by atoms with Crippen LogP contribution >= 0.6 is 23.1 Å². The molecule has 6 aromatic rings. The molecule has 0 saturated heterocycles. The fraction of sp³-hybridized carbons (Fsp3) is 0.121. The second-order valence-corrected chi connectivity index (χ2v) is 11.5. The summed E-state index contributed by atoms with van der Waals surface area (Å²) >= 11 is 2.95. The molecule has 1 amide bonds. The van der Waals surface area contributed by atoms with E-state index in [1.807, 2.05) is 94.9 Å². The number of nitrogens with one attached hydrogen (secondary N) is 1. The number of aromatic nitrogens is 5. The monoisotopic (exact) mass is 604 g/mol. The zero-order chi connectivity index (χ0) is 29.4. The molecule has 3 heterocycles. The highest BCUT2D eigenvalue weighted by atomic mass is 32.2. The lowest BCUT2D eigenvalue weighted by Gasteiger charge is -2.19. The van der Waals surface area contributed by atoms with Crippen LogP contribution in [0.15, 0.2) is 120 Å². The van der Waals surface area contributed by atoms with Crippen molar-refractivity contribution in [2.24, 2.45) is 0 Å². The maximum atomic E-state index is 13.4. The molecule has 0 aliphatic heterocycles. The van der Waals surface area contributed by atoms with Crippen molar-refractivity contribution in [1.82, 2.24) is 30.0 Å². The highest BCUT2D eigenvalue weighted by Gasteiger charge is 2.21. The predicted molar refractivity (Wildman–Crippen MR) is 170 cm³/mol. The number of thioether (sulfide) groups is 1. The third-order valence-electron chi connectivity index (χ3n) is 6.80. The molecular weight excluding hydrogens is 577 g/mol. The first-order valence-electron chi connectivity index (χ1n) is 13.7. The van der Waals surface area contributed by atoms with E-state index < -0.39 is 0 Å². The van der Waals surface area contributed by atoms with E-state index in [1.165, 1.54) is 23.1 Å². The van der Waals surface area contributed by atoms with Gasteiger partial charge in [0.15, 0.2) is 11.0 Å². The number of nitrogens with zero attached hydrogens (tertiary/aromatic N) is 5. The van der Waals surface area contributed by atoms with Crippen molar-refractivity contribution in [3.63, 3.8) is 0 Å². The van der Waals surface area contributed by atoms with Crippen molar-refractivity contribution in [1.29, 1.82) is 0 Å². The Labute approximate surface area is 257 Å². The second-order valence-electron chi connectivity index (χ2n) is 9.59. The van der Waals surface area contributed by atoms with Gasteiger partial charge >= 0.3 is 0 Å². The number of ether oxygens (including phenoxy) is 1. The SMILES string of the molecule is COc1ccccc1-n1c(SCc2nc(C(=O)NC(Cc3ccccc3)c3ccccc3)cs2)nnc1-c1ccncc1. The zero-order valence-electron chi connectivity index (χ0n) is 23.3. The van der Waals surface area contributed by atoms with Crippen LogP contribution in [0.2, 0.25) is 0 Å². The summed E-state index contributed by atoms with van der Waals surface area (Å²) in [6, 6.07) is 31.6. The van der Waals surface area contributed by atoms with Crippen LogP contribution in [-0.2, 0) is 12.2 Å². The summed E-state index contributed by atoms with van der Waals surface area (Å²) in [5.74, 6) is 1.71. The molecule has 1 unspecified atom stereocenters. The van der Waals surface area contributed by atoms with Gasteiger partial charge in [0.25, 0.3) is 5.91 Å². The molecule has 43 heavy (non-hydrogen) atoms. The average molecular weight is 605 g/mol. The van der Waals surface area contributed by atoms with E-state index in [0.29, 0.717) is 34.6 Å². The molecule has 0 saturated carbocycles. The number of para-hydroxylation sites is 2. The van der Waals surface area contributed by atoms with Crippen LogP contribution in [0.25, 0.3) is 17.1 Å². The summed E-state index contributed by atoms with van der Waals surface area (Å²) in [6.07, 6.45) is 4.14. The number of carbonyl (C=O) groups is 1. The van der Waals surface area contributed by atoms with Crippen molar-refractivity contribution < 1.29 is 9.53 Å². The molecule has 0 spiro atoms. The van der Waals surface area contributed by atoms with Crippen molar-refractivity contribution in [2.75, 3.05) is 7.11 Å². The third-order valence-corrected chi connectivity index (χ3v) is 8.77. The largest absolute Gasteiger partial charge is 0.495 e. The van der Waals surface area contributed by atoms with Crippen molar-refractivity contribution in [3.8, 4) is 22.8 Å². The summed E-state index contributed by atoms with van der Waals surface area (Å²) in [6.45, 7) is 0. The number of benzene rings is 3. The first-order valence-corrected chi connectivity index (χ1v) is 15.5. The van der Waals surface area contributed by atoms with Gasteiger partial charge in [-0.1, -0.05) is 84.6 Å². The molecule has 3 aromatic heterocycles. The number of amides is 1. The number of rotatable bonds is 11. The molecule has 8 nitrogen and oxygen atoms in total. The molecule has 3 aromatic carbocycles. The van der Waals surface area contributed by atoms with Gasteiger partial charge in [-0.3, -0.25) is 14.3 Å². The van der Waals surface area contributed by atoms with Gasteiger partial charge in [0.1, 0.15) is 16.5 Å². The molecule has 0 fully saturated rings. The molecule has 214 valence electrons. The Hall–Kier alpha value is -4.80. The molecular formula is C33H28N6O2S2. The number of hydrogen-bond acceptors (Lipinski definition) is 8. The minimum atomic E-state index is -0.200. The van der Waals surface area contributed by atoms with Crippen molar-refractivity contribution >= 4 is 29.0 Å². The maximum Gasteiger partial charge on any atom is 0.271 e. The summed E-state index contributed by atoms with van der Waals surface area (Å²) in [7, 11) is 1.65. The van der Waals surface area contributed by atoms with Gasteiger partial charge in [-0.25, -0.2) is 4.98 Å². The Kier molecular flexibility index (Phi) is 8.86. The van der Waals surface area contributed by atoms with Gasteiger partial charge in [0, 0.05) is 23.3 Å². The lowest BCUT2D eigenvalue weighted by atomic mass is 9.99. The maximum absolute atomic E-state index is 13.4. The minimum Gasteiger partial charge on any atom is -0.495 e. The van der Waals surface area contributed by atoms with Gasteiger partial charge in [-0.15, -0.1) is 21.5 Å². The van der Waals surface area contributed by atoms with Crippen LogP contribution in [0.4, 0.5) is 0 Å². The van der Waals surface area contributed by atoms with Gasteiger partial charge in [0.05, 0.1) is 24.6 Å². The normalized spacial score (nSPS) is 11.7. The van der Waals surface area contributed by atoms with Gasteiger partial charge < -0.3 is 10.1 Å². The molecule has 6 rings (SSSR count). The highest BCUT2D eigenvalue weighted by molar-refractivity contribution is 7.98. The first-order chi connectivity index (χ1) is 21.2. The summed E-state index contributed by atoms with van der Waals surface area (Å²) < 4.78 is 7.64. The molecule has 0 aliphatic rings. The lowest BCUT2D eigenvalue weighted by Crippen LogP contribution is -2.30. The smallest absolute Gasteiger partial charge is 0.271 e. The van der Waals surface area contributed by atoms with E-state index in [1.54, 1.807) is 19.5 Å². The highest BCUT2D eigenvalue weighted by Crippen LogP contribution is 2.34. The topological polar surface area (TPSA) is 94.8 Å². The van der Waals surface area contributed by atoms with Crippen LogP contribution in [0.3, 0.4) is 0 Å². The molecule has 0 aliphatic carbocycles. The Morgan fingerprint density at radius 1 is 0.930 bits per heavy atom. The average Bonchev–Trinajstić information content (AvgIpc) is 3.72. The van der Waals surface area contributed by atoms with E-state index in [9.17, 15) is 4.79 Å². The standard InChI is InChI=1S/C33H28N6O2S2/c1-41-29-15-9-8-14-28(29)39-31(25-16-18-34-19-17-25)37-38-33(39)43-22-30-35-27(21-42-30)32(40)36-26(24-12-6-3-7-13-24)20-23-10-4-2-5-11-23/h2-19,21,26H,20,22H2,1H3,(H,36,40). The number of thiazole rings is 1. The van der Waals surface area contributed by atoms with Crippen LogP contribution < -0.4 is 10.1 Å². The van der Waals surface area contributed by atoms with Gasteiger partial charge in [0.2, 0.25) is 0 Å². The second kappa shape index (κ2) is 13.5. The van der Waals surface area contributed by atoms with E-state index in [-0.39, 0.29) is 11.9 Å². The zero-order valence-corrected chi connectivity index (χ0v) is 25.0. The Bertz CT molecular complexity index is 1790. The van der Waals surface area contributed by atoms with E-state index in [4.69, 9.17) is 4.74 Å². The van der Waals surface area contributed by atoms with Crippen LogP contribution in [0.5, 0.6) is 5.75 Å². The van der Waals surface area contributed by atoms with E-state index in [0.717, 1.165) is 27.4 Å². The first kappa shape index (κ1) is 28.3. The number of hydrogen-bond donors (Lipinski definition) is 1. The minimum absolute atomic E-state index is 0.179. The molecule has 0 radical (unpaired) electrons. The van der Waals surface area contributed by atoms with Crippen molar-refractivity contribution in [3.05, 3.63) is 137 Å². The summed E-state index contributed by atoms with van der Waals surface area (Å²) in [4.78, 5) is 22.2. The fourth-order valence-electron chi connectivity index (χ4n) is 4.71. The number of carbonyl (C=O) groups excluding carboxylic acids is 1. The van der Waals surface area contributed by atoms with Crippen molar-refractivity contribution in [2.45, 2.75) is 23.4 Å². The fourth-order valence-corrected chi connectivity index (χ4v) is 6.45. The Morgan fingerprint density at radius 3 is 2.42 bits per heavy atom. The molecule has 1 N–H and O–H groups in total. The van der Waals surface area contributed by atoms with E-state index in [2.05, 4.69) is 37.6 Å². The molecule has 0 bridgehead atoms. The van der Waals surface area contributed by atoms with E-state index >= 15 is 0 Å². The lowest BCUT2D eigenvalue weighted by molar-refractivity contribution is 0.0932. The predicted octanol–water partition coefficient (Wildman–Crippen LogP) is 6.80.